The lowest BCUT2D eigenvalue weighted by Gasteiger charge is -2.29. The van der Waals surface area contributed by atoms with Crippen molar-refractivity contribution in [2.75, 3.05) is 0 Å². The van der Waals surface area contributed by atoms with Crippen LogP contribution in [0, 0.1) is 0 Å². The second-order valence-electron chi connectivity index (χ2n) is 7.43. The molecule has 0 saturated carbocycles. The smallest absolute Gasteiger partial charge is 0.178 e. The SMILES string of the molecule is C1=c2cc3c(cc2Oc2ccccc21)=CC(c1ccccc1)(c1ccccc1)O3. The van der Waals surface area contributed by atoms with Gasteiger partial charge in [-0.3, -0.25) is 0 Å². The Labute approximate surface area is 169 Å². The molecule has 2 heterocycles. The van der Waals surface area contributed by atoms with Crippen LogP contribution in [0.5, 0.6) is 17.2 Å². The van der Waals surface area contributed by atoms with Crippen LogP contribution in [-0.2, 0) is 5.60 Å². The summed E-state index contributed by atoms with van der Waals surface area (Å²) in [5, 5.41) is 2.08. The van der Waals surface area contributed by atoms with E-state index < -0.39 is 5.60 Å². The maximum Gasteiger partial charge on any atom is 0.178 e. The van der Waals surface area contributed by atoms with E-state index in [2.05, 4.69) is 78.9 Å². The van der Waals surface area contributed by atoms with Crippen LogP contribution in [0.3, 0.4) is 0 Å². The van der Waals surface area contributed by atoms with Crippen LogP contribution in [0.15, 0.2) is 97.1 Å². The molecule has 0 N–H and O–H groups in total. The average molecular weight is 374 g/mol. The molecule has 0 bridgehead atoms. The Bertz CT molecular complexity index is 1300. The van der Waals surface area contributed by atoms with E-state index in [-0.39, 0.29) is 0 Å². The van der Waals surface area contributed by atoms with Crippen LogP contribution in [0.25, 0.3) is 12.2 Å². The summed E-state index contributed by atoms with van der Waals surface area (Å²) in [4.78, 5) is 0. The van der Waals surface area contributed by atoms with Crippen LogP contribution in [0.4, 0.5) is 0 Å². The Morgan fingerprint density at radius 2 is 1.17 bits per heavy atom. The van der Waals surface area contributed by atoms with Crippen molar-refractivity contribution in [3.8, 4) is 17.2 Å². The number of hydrogen-bond donors (Lipinski definition) is 0. The fourth-order valence-electron chi connectivity index (χ4n) is 4.22. The van der Waals surface area contributed by atoms with Gasteiger partial charge >= 0.3 is 0 Å². The van der Waals surface area contributed by atoms with Crippen molar-refractivity contribution < 1.29 is 9.47 Å². The topological polar surface area (TPSA) is 18.5 Å². The molecular formula is C27H18O2. The molecule has 2 aliphatic rings. The number of benzene rings is 4. The molecule has 0 radical (unpaired) electrons. The molecule has 0 amide bonds. The second kappa shape index (κ2) is 6.11. The highest BCUT2D eigenvalue weighted by Gasteiger charge is 2.38. The Hall–Kier alpha value is -3.78. The Balaban J connectivity index is 1.56. The third-order valence-corrected chi connectivity index (χ3v) is 5.63. The third kappa shape index (κ3) is 2.50. The number of rotatable bonds is 2. The molecule has 0 unspecified atom stereocenters. The summed E-state index contributed by atoms with van der Waals surface area (Å²) < 4.78 is 12.9. The molecular weight excluding hydrogens is 356 g/mol. The maximum atomic E-state index is 6.69. The summed E-state index contributed by atoms with van der Waals surface area (Å²) in [5.74, 6) is 2.62. The molecule has 4 aromatic carbocycles. The number of ether oxygens (including phenoxy) is 2. The molecule has 0 fully saturated rings. The lowest BCUT2D eigenvalue weighted by molar-refractivity contribution is 0.192. The highest BCUT2D eigenvalue weighted by Crippen LogP contribution is 2.39. The minimum absolute atomic E-state index is 0.651. The minimum Gasteiger partial charge on any atom is -0.473 e. The van der Waals surface area contributed by atoms with E-state index in [1.54, 1.807) is 0 Å². The Morgan fingerprint density at radius 1 is 0.552 bits per heavy atom. The van der Waals surface area contributed by atoms with Crippen LogP contribution < -0.4 is 19.9 Å². The van der Waals surface area contributed by atoms with Gasteiger partial charge in [-0.15, -0.1) is 0 Å². The summed E-state index contributed by atoms with van der Waals surface area (Å²) in [7, 11) is 0. The van der Waals surface area contributed by atoms with E-state index in [1.807, 2.05) is 30.3 Å². The van der Waals surface area contributed by atoms with Crippen LogP contribution in [0.1, 0.15) is 16.7 Å². The molecule has 0 aromatic heterocycles. The molecule has 29 heavy (non-hydrogen) atoms. The Kier molecular flexibility index (Phi) is 3.41. The first kappa shape index (κ1) is 16.2. The zero-order valence-corrected chi connectivity index (χ0v) is 15.7. The molecule has 4 aromatic rings. The Morgan fingerprint density at radius 3 is 1.90 bits per heavy atom. The van der Waals surface area contributed by atoms with E-state index in [4.69, 9.17) is 9.47 Å². The summed E-state index contributed by atoms with van der Waals surface area (Å²) in [6.07, 6.45) is 4.36. The predicted octanol–water partition coefficient (Wildman–Crippen LogP) is 4.74. The fraction of sp³-hybridized carbons (Fsp3) is 0.0370. The van der Waals surface area contributed by atoms with Gasteiger partial charge < -0.3 is 9.47 Å². The minimum atomic E-state index is -0.651. The summed E-state index contributed by atoms with van der Waals surface area (Å²) in [6.45, 7) is 0. The van der Waals surface area contributed by atoms with Gasteiger partial charge in [0.2, 0.25) is 0 Å². The van der Waals surface area contributed by atoms with Crippen molar-refractivity contribution in [1.82, 2.24) is 0 Å². The molecule has 138 valence electrons. The summed E-state index contributed by atoms with van der Waals surface area (Å²) >= 11 is 0. The van der Waals surface area contributed by atoms with Crippen LogP contribution in [0.2, 0.25) is 0 Å². The van der Waals surface area contributed by atoms with E-state index in [9.17, 15) is 0 Å². The van der Waals surface area contributed by atoms with Crippen molar-refractivity contribution in [3.63, 3.8) is 0 Å². The molecule has 2 nitrogen and oxygen atoms in total. The highest BCUT2D eigenvalue weighted by molar-refractivity contribution is 5.66. The zero-order valence-electron chi connectivity index (χ0n) is 15.7. The van der Waals surface area contributed by atoms with Crippen molar-refractivity contribution in [3.05, 3.63) is 124 Å². The lowest BCUT2D eigenvalue weighted by Crippen LogP contribution is -2.29. The largest absolute Gasteiger partial charge is 0.473 e. The van der Waals surface area contributed by atoms with Crippen LogP contribution in [-0.4, -0.2) is 0 Å². The standard InChI is InChI=1S/C27H18O2/c1-3-10-22(11-4-1)27(23-12-5-2-6-13-23)18-21-17-25-20(16-26(21)29-27)15-19-9-7-8-14-24(19)28-25/h1-18H. The van der Waals surface area contributed by atoms with Gasteiger partial charge in [-0.25, -0.2) is 0 Å². The lowest BCUT2D eigenvalue weighted by atomic mass is 9.86. The molecule has 6 rings (SSSR count). The van der Waals surface area contributed by atoms with Crippen molar-refractivity contribution in [2.45, 2.75) is 5.60 Å². The van der Waals surface area contributed by atoms with Crippen molar-refractivity contribution in [1.29, 1.82) is 0 Å². The first-order valence-corrected chi connectivity index (χ1v) is 9.77. The first-order valence-electron chi connectivity index (χ1n) is 9.77. The maximum absolute atomic E-state index is 6.69. The molecule has 0 spiro atoms. The first-order chi connectivity index (χ1) is 14.3. The monoisotopic (exact) mass is 374 g/mol. The summed E-state index contributed by atoms with van der Waals surface area (Å²) in [5.41, 5.74) is 2.64. The second-order valence-corrected chi connectivity index (χ2v) is 7.43. The average Bonchev–Trinajstić information content (AvgIpc) is 3.17. The van der Waals surface area contributed by atoms with E-state index in [1.165, 1.54) is 0 Å². The quantitative estimate of drug-likeness (QED) is 0.444. The molecule has 2 aliphatic heterocycles. The predicted molar refractivity (Wildman–Crippen MR) is 115 cm³/mol. The van der Waals surface area contributed by atoms with Crippen molar-refractivity contribution in [2.24, 2.45) is 0 Å². The normalized spacial score (nSPS) is 14.9. The van der Waals surface area contributed by atoms with Gasteiger partial charge in [0, 0.05) is 27.1 Å². The van der Waals surface area contributed by atoms with Crippen molar-refractivity contribution >= 4 is 12.2 Å². The van der Waals surface area contributed by atoms with Gasteiger partial charge in [-0.05, 0) is 30.4 Å². The molecule has 0 atom stereocenters. The van der Waals surface area contributed by atoms with E-state index in [0.717, 1.165) is 44.4 Å². The number of para-hydroxylation sites is 1. The molecule has 0 saturated heterocycles. The zero-order chi connectivity index (χ0) is 19.3. The summed E-state index contributed by atoms with van der Waals surface area (Å²) in [6, 6.07) is 33.0. The van der Waals surface area contributed by atoms with Gasteiger partial charge in [0.05, 0.1) is 0 Å². The van der Waals surface area contributed by atoms with Gasteiger partial charge in [0.1, 0.15) is 17.2 Å². The third-order valence-electron chi connectivity index (χ3n) is 5.63. The van der Waals surface area contributed by atoms with Gasteiger partial charge in [0.25, 0.3) is 0 Å². The van der Waals surface area contributed by atoms with E-state index in [0.29, 0.717) is 0 Å². The molecule has 0 aliphatic carbocycles. The van der Waals surface area contributed by atoms with Gasteiger partial charge in [-0.1, -0.05) is 78.9 Å². The number of fused-ring (bicyclic) bond motifs is 3. The van der Waals surface area contributed by atoms with Crippen LogP contribution >= 0.6 is 0 Å². The fourth-order valence-corrected chi connectivity index (χ4v) is 4.22. The number of hydrogen-bond acceptors (Lipinski definition) is 2. The highest BCUT2D eigenvalue weighted by atomic mass is 16.5. The van der Waals surface area contributed by atoms with Gasteiger partial charge in [0.15, 0.2) is 5.60 Å². The van der Waals surface area contributed by atoms with Gasteiger partial charge in [-0.2, -0.15) is 0 Å². The van der Waals surface area contributed by atoms with E-state index >= 15 is 0 Å². The molecule has 2 heteroatoms.